The monoisotopic (exact) mass is 422 g/mol. The summed E-state index contributed by atoms with van der Waals surface area (Å²) in [4.78, 5) is 11.1. The number of carbonyl (C=O) groups excluding carboxylic acids is 1. The van der Waals surface area contributed by atoms with Crippen LogP contribution in [0.4, 0.5) is 0 Å². The Balaban J connectivity index is 1.67. The summed E-state index contributed by atoms with van der Waals surface area (Å²) >= 11 is 1.20. The van der Waals surface area contributed by atoms with E-state index in [1.165, 1.54) is 35.5 Å². The number of hydrogen-bond donors (Lipinski definition) is 2. The van der Waals surface area contributed by atoms with Crippen molar-refractivity contribution in [3.8, 4) is 5.75 Å². The Kier molecular flexibility index (Phi) is 6.11. The molecule has 148 valence electrons. The Morgan fingerprint density at radius 2 is 1.96 bits per heavy atom. The van der Waals surface area contributed by atoms with Crippen molar-refractivity contribution in [3.05, 3.63) is 42.2 Å². The number of amides is 1. The number of rotatable bonds is 9. The molecule has 0 atom stereocenters. The number of aromatic nitrogens is 4. The number of sulfonamides is 1. The Hall–Kier alpha value is -2.70. The Morgan fingerprint density at radius 3 is 2.64 bits per heavy atom. The number of primary amides is 1. The predicted octanol–water partition coefficient (Wildman–Crippen LogP) is 0.231. The fourth-order valence-electron chi connectivity index (χ4n) is 2.33. The van der Waals surface area contributed by atoms with Crippen molar-refractivity contribution >= 4 is 33.3 Å². The standard InChI is InChI=1S/C16H18N6O4S2/c1-26-11-2-4-12(5-3-11)28(24,25)18-9-8-15-20-19-14-6-7-16(21-22(14)15)27-10-13(17)23/h2-7,18H,8-10H2,1H3,(H2,17,23). The molecule has 3 N–H and O–H groups in total. The van der Waals surface area contributed by atoms with Gasteiger partial charge in [-0.15, -0.1) is 10.2 Å². The number of nitrogens with one attached hydrogen (secondary N) is 1. The van der Waals surface area contributed by atoms with Gasteiger partial charge >= 0.3 is 0 Å². The first-order valence-electron chi connectivity index (χ1n) is 8.15. The molecular formula is C16H18N6O4S2. The maximum atomic E-state index is 12.4. The normalized spacial score (nSPS) is 11.6. The van der Waals surface area contributed by atoms with Gasteiger partial charge in [0.05, 0.1) is 17.8 Å². The van der Waals surface area contributed by atoms with Gasteiger partial charge in [0.1, 0.15) is 10.8 Å². The van der Waals surface area contributed by atoms with Gasteiger partial charge in [-0.05, 0) is 36.4 Å². The van der Waals surface area contributed by atoms with E-state index in [9.17, 15) is 13.2 Å². The number of nitrogens with zero attached hydrogens (tertiary/aromatic N) is 4. The van der Waals surface area contributed by atoms with Crippen molar-refractivity contribution in [2.45, 2.75) is 16.3 Å². The van der Waals surface area contributed by atoms with Crippen LogP contribution >= 0.6 is 11.8 Å². The van der Waals surface area contributed by atoms with Crippen LogP contribution in [-0.4, -0.2) is 53.5 Å². The van der Waals surface area contributed by atoms with Crippen molar-refractivity contribution < 1.29 is 17.9 Å². The fraction of sp³-hybridized carbons (Fsp3) is 0.250. The molecule has 3 aromatic rings. The van der Waals surface area contributed by atoms with Crippen LogP contribution in [0.15, 0.2) is 46.3 Å². The number of nitrogens with two attached hydrogens (primary N) is 1. The van der Waals surface area contributed by atoms with Crippen molar-refractivity contribution in [2.75, 3.05) is 19.4 Å². The van der Waals surface area contributed by atoms with E-state index in [1.807, 2.05) is 0 Å². The summed E-state index contributed by atoms with van der Waals surface area (Å²) < 4.78 is 33.8. The van der Waals surface area contributed by atoms with E-state index >= 15 is 0 Å². The van der Waals surface area contributed by atoms with E-state index in [-0.39, 0.29) is 23.6 Å². The maximum Gasteiger partial charge on any atom is 0.240 e. The first-order chi connectivity index (χ1) is 13.4. The summed E-state index contributed by atoms with van der Waals surface area (Å²) in [5.74, 6) is 0.736. The van der Waals surface area contributed by atoms with Crippen molar-refractivity contribution in [3.63, 3.8) is 0 Å². The summed E-state index contributed by atoms with van der Waals surface area (Å²) in [7, 11) is -2.15. The third-order valence-corrected chi connectivity index (χ3v) is 6.09. The molecule has 0 saturated carbocycles. The number of methoxy groups -OCH3 is 1. The van der Waals surface area contributed by atoms with Gasteiger partial charge in [0.25, 0.3) is 0 Å². The van der Waals surface area contributed by atoms with E-state index in [0.29, 0.717) is 22.2 Å². The molecule has 12 heteroatoms. The summed E-state index contributed by atoms with van der Waals surface area (Å²) in [6.45, 7) is 0.121. The molecule has 1 aromatic carbocycles. The van der Waals surface area contributed by atoms with Crippen LogP contribution in [0.1, 0.15) is 5.82 Å². The molecule has 2 aromatic heterocycles. The van der Waals surface area contributed by atoms with E-state index in [1.54, 1.807) is 24.3 Å². The minimum Gasteiger partial charge on any atom is -0.497 e. The average Bonchev–Trinajstić information content (AvgIpc) is 3.08. The zero-order chi connectivity index (χ0) is 20.1. The van der Waals surface area contributed by atoms with Gasteiger partial charge in [0.15, 0.2) is 11.5 Å². The quantitative estimate of drug-likeness (QED) is 0.467. The van der Waals surface area contributed by atoms with Crippen LogP contribution in [0.2, 0.25) is 0 Å². The van der Waals surface area contributed by atoms with Crippen LogP contribution in [-0.2, 0) is 21.2 Å². The van der Waals surface area contributed by atoms with Gasteiger partial charge in [-0.2, -0.15) is 9.61 Å². The minimum absolute atomic E-state index is 0.109. The second kappa shape index (κ2) is 8.54. The Bertz CT molecular complexity index is 1080. The third kappa shape index (κ3) is 4.77. The Morgan fingerprint density at radius 1 is 1.21 bits per heavy atom. The summed E-state index contributed by atoms with van der Waals surface area (Å²) in [5.41, 5.74) is 5.67. The van der Waals surface area contributed by atoms with Crippen LogP contribution in [0, 0.1) is 0 Å². The van der Waals surface area contributed by atoms with Gasteiger partial charge in [-0.25, -0.2) is 13.1 Å². The van der Waals surface area contributed by atoms with Gasteiger partial charge < -0.3 is 10.5 Å². The second-order valence-electron chi connectivity index (χ2n) is 5.64. The first kappa shape index (κ1) is 20.0. The largest absolute Gasteiger partial charge is 0.497 e. The zero-order valence-corrected chi connectivity index (χ0v) is 16.5. The van der Waals surface area contributed by atoms with Gasteiger partial charge in [0, 0.05) is 13.0 Å². The van der Waals surface area contributed by atoms with Crippen molar-refractivity contribution in [1.82, 2.24) is 24.5 Å². The highest BCUT2D eigenvalue weighted by molar-refractivity contribution is 7.99. The number of ether oxygens (including phenoxy) is 1. The van der Waals surface area contributed by atoms with E-state index in [2.05, 4.69) is 20.0 Å². The number of hydrogen-bond acceptors (Lipinski definition) is 8. The molecule has 3 rings (SSSR count). The maximum absolute atomic E-state index is 12.4. The number of carbonyl (C=O) groups is 1. The van der Waals surface area contributed by atoms with Gasteiger partial charge in [0.2, 0.25) is 15.9 Å². The smallest absolute Gasteiger partial charge is 0.240 e. The molecule has 0 aliphatic rings. The van der Waals surface area contributed by atoms with Crippen LogP contribution < -0.4 is 15.2 Å². The highest BCUT2D eigenvalue weighted by Crippen LogP contribution is 2.16. The lowest BCUT2D eigenvalue weighted by atomic mass is 10.3. The van der Waals surface area contributed by atoms with Gasteiger partial charge in [-0.3, -0.25) is 4.79 Å². The SMILES string of the molecule is COc1ccc(S(=O)(=O)NCCc2nnc3ccc(SCC(N)=O)nn23)cc1. The molecule has 0 radical (unpaired) electrons. The molecule has 0 fully saturated rings. The minimum atomic E-state index is -3.66. The lowest BCUT2D eigenvalue weighted by Crippen LogP contribution is -2.26. The molecule has 0 saturated heterocycles. The molecular weight excluding hydrogens is 404 g/mol. The number of thioether (sulfide) groups is 1. The molecule has 2 heterocycles. The molecule has 28 heavy (non-hydrogen) atoms. The molecule has 10 nitrogen and oxygen atoms in total. The van der Waals surface area contributed by atoms with Crippen LogP contribution in [0.5, 0.6) is 5.75 Å². The molecule has 0 spiro atoms. The van der Waals surface area contributed by atoms with E-state index in [0.717, 1.165) is 0 Å². The summed E-state index contributed by atoms with van der Waals surface area (Å²) in [6, 6.07) is 9.53. The van der Waals surface area contributed by atoms with E-state index in [4.69, 9.17) is 10.5 Å². The summed E-state index contributed by atoms with van der Waals surface area (Å²) in [6.07, 6.45) is 0.285. The fourth-order valence-corrected chi connectivity index (χ4v) is 3.96. The number of fused-ring (bicyclic) bond motifs is 1. The second-order valence-corrected chi connectivity index (χ2v) is 8.40. The lowest BCUT2D eigenvalue weighted by molar-refractivity contribution is -0.115. The van der Waals surface area contributed by atoms with Crippen molar-refractivity contribution in [1.29, 1.82) is 0 Å². The first-order valence-corrected chi connectivity index (χ1v) is 10.6. The highest BCUT2D eigenvalue weighted by Gasteiger charge is 2.15. The molecule has 0 bridgehead atoms. The topological polar surface area (TPSA) is 142 Å². The highest BCUT2D eigenvalue weighted by atomic mass is 32.2. The molecule has 0 unspecified atom stereocenters. The molecule has 1 amide bonds. The predicted molar refractivity (Wildman–Crippen MR) is 103 cm³/mol. The van der Waals surface area contributed by atoms with E-state index < -0.39 is 15.9 Å². The van der Waals surface area contributed by atoms with Crippen LogP contribution in [0.25, 0.3) is 5.65 Å². The zero-order valence-electron chi connectivity index (χ0n) is 14.9. The molecule has 0 aliphatic carbocycles. The van der Waals surface area contributed by atoms with Crippen LogP contribution in [0.3, 0.4) is 0 Å². The number of benzene rings is 1. The summed E-state index contributed by atoms with van der Waals surface area (Å²) in [5, 5.41) is 13.0. The van der Waals surface area contributed by atoms with Gasteiger partial charge in [-0.1, -0.05) is 11.8 Å². The average molecular weight is 422 g/mol. The lowest BCUT2D eigenvalue weighted by Gasteiger charge is -2.07. The van der Waals surface area contributed by atoms with Crippen molar-refractivity contribution in [2.24, 2.45) is 5.73 Å². The third-order valence-electron chi connectivity index (χ3n) is 3.68. The Labute approximate surface area is 165 Å². The molecule has 0 aliphatic heterocycles.